The van der Waals surface area contributed by atoms with Crippen LogP contribution in [0, 0.1) is 0 Å². The first kappa shape index (κ1) is 14.5. The number of benzene rings is 1. The summed E-state index contributed by atoms with van der Waals surface area (Å²) in [6.07, 6.45) is 5.95. The molecule has 120 valence electrons. The van der Waals surface area contributed by atoms with Crippen LogP contribution < -0.4 is 4.90 Å². The largest absolute Gasteiger partial charge is 0.380 e. The van der Waals surface area contributed by atoms with Crippen molar-refractivity contribution >= 4 is 22.4 Å². The summed E-state index contributed by atoms with van der Waals surface area (Å²) in [5.74, 6) is -0.0838. The first-order valence-corrected chi connectivity index (χ1v) is 8.27. The molecule has 1 amide bonds. The lowest BCUT2D eigenvalue weighted by Crippen LogP contribution is -2.58. The highest BCUT2D eigenvalue weighted by atomic mass is 16.3. The van der Waals surface area contributed by atoms with Crippen molar-refractivity contribution in [3.05, 3.63) is 36.7 Å². The number of anilines is 1. The summed E-state index contributed by atoms with van der Waals surface area (Å²) >= 11 is 0. The molecule has 1 aliphatic carbocycles. The molecule has 1 saturated carbocycles. The molecule has 23 heavy (non-hydrogen) atoms. The van der Waals surface area contributed by atoms with Crippen molar-refractivity contribution in [3.8, 4) is 0 Å². The minimum absolute atomic E-state index is 0.0838. The number of nitrogens with zero attached hydrogens (tertiary/aromatic N) is 3. The monoisotopic (exact) mass is 311 g/mol. The Hall–Kier alpha value is -2.14. The van der Waals surface area contributed by atoms with Gasteiger partial charge in [0.05, 0.1) is 11.9 Å². The van der Waals surface area contributed by atoms with Gasteiger partial charge in [0.2, 0.25) is 0 Å². The number of aliphatic hydroxyl groups is 1. The fourth-order valence-corrected chi connectivity index (χ4v) is 3.52. The molecule has 2 fully saturated rings. The van der Waals surface area contributed by atoms with Crippen LogP contribution in [0.2, 0.25) is 0 Å². The maximum atomic E-state index is 12.4. The molecule has 5 nitrogen and oxygen atoms in total. The summed E-state index contributed by atoms with van der Waals surface area (Å²) in [5, 5.41) is 12.6. The first-order chi connectivity index (χ1) is 11.2. The fourth-order valence-electron chi connectivity index (χ4n) is 3.52. The van der Waals surface area contributed by atoms with Crippen molar-refractivity contribution in [1.29, 1.82) is 0 Å². The van der Waals surface area contributed by atoms with Gasteiger partial charge in [-0.3, -0.25) is 9.78 Å². The van der Waals surface area contributed by atoms with Gasteiger partial charge in [0.25, 0.3) is 5.91 Å². The lowest BCUT2D eigenvalue weighted by molar-refractivity contribution is -0.160. The summed E-state index contributed by atoms with van der Waals surface area (Å²) in [6, 6.07) is 8.24. The quantitative estimate of drug-likeness (QED) is 0.919. The van der Waals surface area contributed by atoms with Crippen molar-refractivity contribution in [2.45, 2.75) is 24.9 Å². The number of pyridine rings is 1. The highest BCUT2D eigenvalue weighted by Crippen LogP contribution is 2.34. The van der Waals surface area contributed by atoms with Crippen LogP contribution in [0.1, 0.15) is 19.3 Å². The third-order valence-electron chi connectivity index (χ3n) is 5.13. The fraction of sp³-hybridized carbons (Fsp3) is 0.444. The van der Waals surface area contributed by atoms with Crippen molar-refractivity contribution in [2.75, 3.05) is 31.1 Å². The Kier molecular flexibility index (Phi) is 3.45. The van der Waals surface area contributed by atoms with E-state index in [4.69, 9.17) is 0 Å². The molecule has 0 radical (unpaired) electrons. The smallest absolute Gasteiger partial charge is 0.254 e. The third-order valence-corrected chi connectivity index (χ3v) is 5.13. The van der Waals surface area contributed by atoms with Gasteiger partial charge in [-0.05, 0) is 19.3 Å². The average Bonchev–Trinajstić information content (AvgIpc) is 2.59. The molecule has 5 heteroatoms. The minimum atomic E-state index is -1.08. The average molecular weight is 311 g/mol. The normalized spacial score (nSPS) is 20.4. The highest BCUT2D eigenvalue weighted by molar-refractivity contribution is 5.93. The Bertz CT molecular complexity index is 729. The third kappa shape index (κ3) is 2.45. The molecule has 0 unspecified atom stereocenters. The maximum Gasteiger partial charge on any atom is 0.254 e. The van der Waals surface area contributed by atoms with Crippen LogP contribution >= 0.6 is 0 Å². The van der Waals surface area contributed by atoms with E-state index in [2.05, 4.69) is 22.0 Å². The molecule has 0 spiro atoms. The van der Waals surface area contributed by atoms with E-state index in [1.54, 1.807) is 0 Å². The van der Waals surface area contributed by atoms with E-state index < -0.39 is 5.60 Å². The summed E-state index contributed by atoms with van der Waals surface area (Å²) in [6.45, 7) is 2.86. The molecule has 2 heterocycles. The lowest BCUT2D eigenvalue weighted by Gasteiger charge is -2.43. The number of carbonyl (C=O) groups excluding carboxylic acids is 1. The van der Waals surface area contributed by atoms with Crippen molar-refractivity contribution in [3.63, 3.8) is 0 Å². The van der Waals surface area contributed by atoms with Crippen molar-refractivity contribution in [1.82, 2.24) is 9.88 Å². The number of fused-ring (bicyclic) bond motifs is 1. The van der Waals surface area contributed by atoms with Crippen LogP contribution in [-0.4, -0.2) is 52.7 Å². The SMILES string of the molecule is O=C(N1CCN(c2cncc3ccccc23)CC1)C1(O)CCC1. The number of amides is 1. The van der Waals surface area contributed by atoms with E-state index in [9.17, 15) is 9.90 Å². The topological polar surface area (TPSA) is 56.7 Å². The standard InChI is InChI=1S/C18H21N3O2/c22-17(18(23)6-3-7-18)21-10-8-20(9-11-21)16-13-19-12-14-4-1-2-5-15(14)16/h1-2,4-5,12-13,23H,3,6-11H2. The lowest BCUT2D eigenvalue weighted by atomic mass is 9.79. The maximum absolute atomic E-state index is 12.4. The summed E-state index contributed by atoms with van der Waals surface area (Å²) in [7, 11) is 0. The molecule has 2 aliphatic rings. The summed E-state index contributed by atoms with van der Waals surface area (Å²) in [4.78, 5) is 20.8. The van der Waals surface area contributed by atoms with Gasteiger partial charge in [0, 0.05) is 43.1 Å². The van der Waals surface area contributed by atoms with Crippen LogP contribution in [0.3, 0.4) is 0 Å². The Morgan fingerprint density at radius 2 is 1.83 bits per heavy atom. The van der Waals surface area contributed by atoms with E-state index in [0.717, 1.165) is 30.6 Å². The van der Waals surface area contributed by atoms with Gasteiger partial charge in [-0.2, -0.15) is 0 Å². The number of piperazine rings is 1. The van der Waals surface area contributed by atoms with E-state index in [0.29, 0.717) is 25.9 Å². The molecule has 1 saturated heterocycles. The van der Waals surface area contributed by atoms with E-state index in [1.165, 1.54) is 5.39 Å². The van der Waals surface area contributed by atoms with Gasteiger partial charge in [-0.15, -0.1) is 0 Å². The summed E-state index contributed by atoms with van der Waals surface area (Å²) < 4.78 is 0. The number of hydrogen-bond acceptors (Lipinski definition) is 4. The molecule has 0 bridgehead atoms. The zero-order chi connectivity index (χ0) is 15.9. The van der Waals surface area contributed by atoms with Crippen LogP contribution in [0.5, 0.6) is 0 Å². The predicted octanol–water partition coefficient (Wildman–Crippen LogP) is 1.80. The van der Waals surface area contributed by atoms with E-state index >= 15 is 0 Å². The van der Waals surface area contributed by atoms with Gasteiger partial charge in [0.15, 0.2) is 0 Å². The molecule has 1 N–H and O–H groups in total. The van der Waals surface area contributed by atoms with Crippen molar-refractivity contribution < 1.29 is 9.90 Å². The second-order valence-electron chi connectivity index (χ2n) is 6.54. The van der Waals surface area contributed by atoms with Crippen LogP contribution in [0.25, 0.3) is 10.8 Å². The Morgan fingerprint density at radius 1 is 1.09 bits per heavy atom. The van der Waals surface area contributed by atoms with E-state index in [1.807, 2.05) is 29.4 Å². The van der Waals surface area contributed by atoms with Gasteiger partial charge >= 0.3 is 0 Å². The van der Waals surface area contributed by atoms with Gasteiger partial charge in [0.1, 0.15) is 5.60 Å². The van der Waals surface area contributed by atoms with E-state index in [-0.39, 0.29) is 5.91 Å². The highest BCUT2D eigenvalue weighted by Gasteiger charge is 2.44. The Labute approximate surface area is 135 Å². The molecule has 0 atom stereocenters. The summed E-state index contributed by atoms with van der Waals surface area (Å²) in [5.41, 5.74) is 0.0425. The molecular formula is C18H21N3O2. The molecule has 4 rings (SSSR count). The molecule has 2 aromatic rings. The van der Waals surface area contributed by atoms with Gasteiger partial charge < -0.3 is 14.9 Å². The second-order valence-corrected chi connectivity index (χ2v) is 6.54. The number of rotatable bonds is 2. The van der Waals surface area contributed by atoms with Gasteiger partial charge in [-0.25, -0.2) is 0 Å². The van der Waals surface area contributed by atoms with Crippen LogP contribution in [0.15, 0.2) is 36.7 Å². The zero-order valence-corrected chi connectivity index (χ0v) is 13.1. The first-order valence-electron chi connectivity index (χ1n) is 8.27. The Balaban J connectivity index is 1.50. The van der Waals surface area contributed by atoms with Crippen LogP contribution in [-0.2, 0) is 4.79 Å². The molecule has 1 aromatic heterocycles. The second kappa shape index (κ2) is 5.49. The van der Waals surface area contributed by atoms with Gasteiger partial charge in [-0.1, -0.05) is 24.3 Å². The van der Waals surface area contributed by atoms with Crippen LogP contribution in [0.4, 0.5) is 5.69 Å². The Morgan fingerprint density at radius 3 is 2.52 bits per heavy atom. The van der Waals surface area contributed by atoms with Crippen molar-refractivity contribution in [2.24, 2.45) is 0 Å². The minimum Gasteiger partial charge on any atom is -0.380 e. The number of hydrogen-bond donors (Lipinski definition) is 1. The number of carbonyl (C=O) groups is 1. The predicted molar refractivity (Wildman–Crippen MR) is 89.3 cm³/mol. The molecule has 1 aliphatic heterocycles. The molecule has 1 aromatic carbocycles. The molecular weight excluding hydrogens is 290 g/mol. The number of aromatic nitrogens is 1. The zero-order valence-electron chi connectivity index (χ0n) is 13.1.